The van der Waals surface area contributed by atoms with Gasteiger partial charge in [0.2, 0.25) is 5.91 Å². The lowest BCUT2D eigenvalue weighted by Gasteiger charge is -2.16. The minimum absolute atomic E-state index is 0.407. The summed E-state index contributed by atoms with van der Waals surface area (Å²) < 4.78 is 0. The van der Waals surface area contributed by atoms with Gasteiger partial charge >= 0.3 is 0 Å². The zero-order valence-electron chi connectivity index (χ0n) is 9.18. The molecule has 1 aromatic rings. The molecule has 0 aliphatic heterocycles. The molecule has 0 fully saturated rings. The van der Waals surface area contributed by atoms with Crippen molar-refractivity contribution in [3.63, 3.8) is 0 Å². The summed E-state index contributed by atoms with van der Waals surface area (Å²) in [6.45, 7) is 3.73. The predicted octanol–water partition coefficient (Wildman–Crippen LogP) is 2.98. The van der Waals surface area contributed by atoms with Crippen LogP contribution in [0, 0.1) is 6.92 Å². The van der Waals surface area contributed by atoms with Gasteiger partial charge in [0.25, 0.3) is 0 Å². The maximum Gasteiger partial charge on any atom is 0.239 e. The summed E-state index contributed by atoms with van der Waals surface area (Å²) >= 11 is 12.0. The summed E-state index contributed by atoms with van der Waals surface area (Å²) in [6.07, 6.45) is 0.594. The van der Waals surface area contributed by atoms with Gasteiger partial charge < -0.3 is 11.1 Å². The van der Waals surface area contributed by atoms with Crippen molar-refractivity contribution in [1.82, 2.24) is 0 Å². The van der Waals surface area contributed by atoms with E-state index in [1.807, 2.05) is 13.8 Å². The van der Waals surface area contributed by atoms with Crippen molar-refractivity contribution < 1.29 is 4.79 Å². The van der Waals surface area contributed by atoms with Gasteiger partial charge in [0.1, 0.15) is 6.04 Å². The Kier molecular flexibility index (Phi) is 4.44. The molecule has 1 unspecified atom stereocenters. The van der Waals surface area contributed by atoms with Gasteiger partial charge in [0.15, 0.2) is 0 Å². The van der Waals surface area contributed by atoms with Crippen LogP contribution in [0.25, 0.3) is 0 Å². The van der Waals surface area contributed by atoms with Gasteiger partial charge in [-0.15, -0.1) is 0 Å². The molecule has 0 radical (unpaired) electrons. The highest BCUT2D eigenvalue weighted by Crippen LogP contribution is 2.29. The van der Waals surface area contributed by atoms with Gasteiger partial charge in [-0.2, -0.15) is 0 Å². The van der Waals surface area contributed by atoms with Crippen LogP contribution in [-0.4, -0.2) is 11.9 Å². The first kappa shape index (κ1) is 13.1. The molecule has 0 bridgehead atoms. The molecule has 0 saturated heterocycles. The first-order chi connectivity index (χ1) is 7.45. The number of carbonyl (C=O) groups is 1. The number of aryl methyl sites for hydroxylation is 1. The van der Waals surface area contributed by atoms with Gasteiger partial charge in [-0.05, 0) is 31.0 Å². The first-order valence-corrected chi connectivity index (χ1v) is 5.72. The number of nitrogens with two attached hydrogens (primary N) is 1. The predicted molar refractivity (Wildman–Crippen MR) is 68.1 cm³/mol. The van der Waals surface area contributed by atoms with Gasteiger partial charge in [0, 0.05) is 5.02 Å². The Hall–Kier alpha value is -0.930. The minimum Gasteiger partial charge on any atom is -0.372 e. The van der Waals surface area contributed by atoms with Crippen molar-refractivity contribution in [3.05, 3.63) is 27.7 Å². The number of anilines is 1. The van der Waals surface area contributed by atoms with Crippen molar-refractivity contribution in [2.75, 3.05) is 5.32 Å². The van der Waals surface area contributed by atoms with Gasteiger partial charge in [0.05, 0.1) is 10.7 Å². The fourth-order valence-corrected chi connectivity index (χ4v) is 1.76. The van der Waals surface area contributed by atoms with E-state index in [0.717, 1.165) is 5.56 Å². The molecule has 0 saturated carbocycles. The Labute approximate surface area is 105 Å². The maximum atomic E-state index is 11.1. The Morgan fingerprint density at radius 1 is 1.44 bits per heavy atom. The van der Waals surface area contributed by atoms with Crippen molar-refractivity contribution in [1.29, 1.82) is 0 Å². The van der Waals surface area contributed by atoms with Crippen molar-refractivity contribution in [2.45, 2.75) is 26.3 Å². The smallest absolute Gasteiger partial charge is 0.239 e. The maximum absolute atomic E-state index is 11.1. The number of nitrogens with one attached hydrogen (secondary N) is 1. The van der Waals surface area contributed by atoms with Crippen LogP contribution in [0.4, 0.5) is 5.69 Å². The molecule has 0 aromatic heterocycles. The third-order valence-corrected chi connectivity index (χ3v) is 3.05. The lowest BCUT2D eigenvalue weighted by molar-refractivity contribution is -0.118. The lowest BCUT2D eigenvalue weighted by atomic mass is 10.1. The highest BCUT2D eigenvalue weighted by Gasteiger charge is 2.14. The topological polar surface area (TPSA) is 55.1 Å². The third kappa shape index (κ3) is 3.03. The van der Waals surface area contributed by atoms with Crippen LogP contribution in [0.1, 0.15) is 18.9 Å². The Balaban J connectivity index is 2.96. The molecule has 3 nitrogen and oxygen atoms in total. The quantitative estimate of drug-likeness (QED) is 0.875. The molecule has 1 atom stereocenters. The molecule has 0 heterocycles. The number of benzene rings is 1. The standard InChI is InChI=1S/C11H14Cl2N2O/c1-3-9(11(14)16)15-10-5-7(12)6(2)4-8(10)13/h4-5,9,15H,3H2,1-2H3,(H2,14,16). The van der Waals surface area contributed by atoms with Crippen molar-refractivity contribution in [2.24, 2.45) is 5.73 Å². The number of rotatable bonds is 4. The molecule has 88 valence electrons. The highest BCUT2D eigenvalue weighted by atomic mass is 35.5. The Bertz CT molecular complexity index is 407. The molecule has 0 aliphatic rings. The summed E-state index contributed by atoms with van der Waals surface area (Å²) in [5.41, 5.74) is 6.76. The number of halogens is 2. The molecule has 0 spiro atoms. The fraction of sp³-hybridized carbons (Fsp3) is 0.364. The number of primary amides is 1. The van der Waals surface area contributed by atoms with Gasteiger partial charge in [-0.3, -0.25) is 4.79 Å². The van der Waals surface area contributed by atoms with E-state index >= 15 is 0 Å². The molecule has 1 aromatic carbocycles. The molecule has 0 aliphatic carbocycles. The van der Waals surface area contributed by atoms with Crippen LogP contribution in [0.3, 0.4) is 0 Å². The number of hydrogen-bond acceptors (Lipinski definition) is 2. The van der Waals surface area contributed by atoms with Crippen LogP contribution in [0.15, 0.2) is 12.1 Å². The fourth-order valence-electron chi connectivity index (χ4n) is 1.32. The molecule has 1 rings (SSSR count). The zero-order chi connectivity index (χ0) is 12.3. The molecule has 16 heavy (non-hydrogen) atoms. The summed E-state index contributed by atoms with van der Waals surface area (Å²) in [7, 11) is 0. The van der Waals surface area contributed by atoms with E-state index in [9.17, 15) is 4.79 Å². The van der Waals surface area contributed by atoms with Crippen LogP contribution in [-0.2, 0) is 4.79 Å². The second-order valence-electron chi connectivity index (χ2n) is 3.59. The summed E-state index contributed by atoms with van der Waals surface area (Å²) in [5, 5.41) is 4.11. The van der Waals surface area contributed by atoms with Crippen LogP contribution < -0.4 is 11.1 Å². The Morgan fingerprint density at radius 3 is 2.56 bits per heavy atom. The monoisotopic (exact) mass is 260 g/mol. The molecule has 5 heteroatoms. The largest absolute Gasteiger partial charge is 0.372 e. The van der Waals surface area contributed by atoms with E-state index in [4.69, 9.17) is 28.9 Å². The normalized spacial score (nSPS) is 12.2. The zero-order valence-corrected chi connectivity index (χ0v) is 10.7. The first-order valence-electron chi connectivity index (χ1n) is 4.97. The number of hydrogen-bond donors (Lipinski definition) is 2. The lowest BCUT2D eigenvalue weighted by Crippen LogP contribution is -2.34. The average molecular weight is 261 g/mol. The highest BCUT2D eigenvalue weighted by molar-refractivity contribution is 6.35. The summed E-state index contributed by atoms with van der Waals surface area (Å²) in [5.74, 6) is -0.407. The van der Waals surface area contributed by atoms with Gasteiger partial charge in [-0.1, -0.05) is 30.1 Å². The molecule has 1 amide bonds. The van der Waals surface area contributed by atoms with Crippen LogP contribution in [0.2, 0.25) is 10.0 Å². The summed E-state index contributed by atoms with van der Waals surface area (Å²) in [4.78, 5) is 11.1. The van der Waals surface area contributed by atoms with Crippen LogP contribution >= 0.6 is 23.2 Å². The molecular weight excluding hydrogens is 247 g/mol. The van der Waals surface area contributed by atoms with Crippen molar-refractivity contribution >= 4 is 34.8 Å². The average Bonchev–Trinajstić information content (AvgIpc) is 2.21. The van der Waals surface area contributed by atoms with E-state index in [1.165, 1.54) is 0 Å². The SMILES string of the molecule is CCC(Nc1cc(Cl)c(C)cc1Cl)C(N)=O. The molecule has 3 N–H and O–H groups in total. The van der Waals surface area contributed by atoms with E-state index in [2.05, 4.69) is 5.32 Å². The second-order valence-corrected chi connectivity index (χ2v) is 4.40. The van der Waals surface area contributed by atoms with E-state index < -0.39 is 11.9 Å². The van der Waals surface area contributed by atoms with E-state index in [0.29, 0.717) is 22.2 Å². The van der Waals surface area contributed by atoms with Crippen molar-refractivity contribution in [3.8, 4) is 0 Å². The Morgan fingerprint density at radius 2 is 2.06 bits per heavy atom. The number of carbonyl (C=O) groups excluding carboxylic acids is 1. The van der Waals surface area contributed by atoms with E-state index in [-0.39, 0.29) is 0 Å². The van der Waals surface area contributed by atoms with Crippen LogP contribution in [0.5, 0.6) is 0 Å². The molecular formula is C11H14Cl2N2O. The van der Waals surface area contributed by atoms with E-state index in [1.54, 1.807) is 12.1 Å². The minimum atomic E-state index is -0.434. The summed E-state index contributed by atoms with van der Waals surface area (Å²) in [6, 6.07) is 3.02. The number of amides is 1. The third-order valence-electron chi connectivity index (χ3n) is 2.33. The van der Waals surface area contributed by atoms with Gasteiger partial charge in [-0.25, -0.2) is 0 Å². The second kappa shape index (κ2) is 5.41.